The molecule has 2 atom stereocenters. The molecule has 0 aliphatic carbocycles. The molecule has 2 bridgehead atoms. The molecule has 2 heterocycles. The summed E-state index contributed by atoms with van der Waals surface area (Å²) in [6.45, 7) is 0. The summed E-state index contributed by atoms with van der Waals surface area (Å²) in [6, 6.07) is 14.3. The van der Waals surface area contributed by atoms with Gasteiger partial charge in [0.1, 0.15) is 0 Å². The van der Waals surface area contributed by atoms with Crippen LogP contribution in [0.3, 0.4) is 0 Å². The van der Waals surface area contributed by atoms with Crippen LogP contribution in [0.2, 0.25) is 0 Å². The van der Waals surface area contributed by atoms with Gasteiger partial charge in [-0.15, -0.1) is 0 Å². The van der Waals surface area contributed by atoms with E-state index in [0.717, 1.165) is 0 Å². The van der Waals surface area contributed by atoms with E-state index in [9.17, 15) is 0 Å². The molecule has 0 saturated carbocycles. The van der Waals surface area contributed by atoms with Crippen LogP contribution in [-0.2, 0) is 0 Å². The van der Waals surface area contributed by atoms with Gasteiger partial charge in [0.25, 0.3) is 0 Å². The average Bonchev–Trinajstić information content (AvgIpc) is 2.81. The Balaban J connectivity index is 2.06. The van der Waals surface area contributed by atoms with Gasteiger partial charge in [-0.3, -0.25) is 4.90 Å². The summed E-state index contributed by atoms with van der Waals surface area (Å²) in [6.07, 6.45) is 4.64. The molecule has 0 aromatic heterocycles. The van der Waals surface area contributed by atoms with Crippen molar-refractivity contribution in [1.29, 1.82) is 0 Å². The van der Waals surface area contributed by atoms with Crippen molar-refractivity contribution in [3.63, 3.8) is 0 Å². The second kappa shape index (κ2) is 2.74. The lowest BCUT2D eigenvalue weighted by molar-refractivity contribution is 0.299. The SMILES string of the molecule is CN1C2C=CC1c1cc3ccccc3cc12. The number of hydrogen-bond acceptors (Lipinski definition) is 1. The number of hydrogen-bond donors (Lipinski definition) is 0. The highest BCUT2D eigenvalue weighted by Gasteiger charge is 2.37. The first-order chi connectivity index (χ1) is 7.84. The molecule has 0 N–H and O–H groups in total. The lowest BCUT2D eigenvalue weighted by Crippen LogP contribution is -2.13. The second-order valence-corrected chi connectivity index (χ2v) is 4.77. The first-order valence-electron chi connectivity index (χ1n) is 5.77. The van der Waals surface area contributed by atoms with Crippen molar-refractivity contribution in [2.24, 2.45) is 0 Å². The molecule has 2 aliphatic heterocycles. The molecule has 0 fully saturated rings. The molecule has 2 unspecified atom stereocenters. The molecule has 4 rings (SSSR count). The van der Waals surface area contributed by atoms with Crippen LogP contribution < -0.4 is 0 Å². The fourth-order valence-corrected chi connectivity index (χ4v) is 3.09. The van der Waals surface area contributed by atoms with Gasteiger partial charge >= 0.3 is 0 Å². The van der Waals surface area contributed by atoms with Crippen molar-refractivity contribution in [1.82, 2.24) is 4.90 Å². The van der Waals surface area contributed by atoms with Crippen LogP contribution in [-0.4, -0.2) is 11.9 Å². The fourth-order valence-electron chi connectivity index (χ4n) is 3.09. The van der Waals surface area contributed by atoms with Crippen molar-refractivity contribution in [2.45, 2.75) is 12.1 Å². The molecule has 2 aromatic rings. The third-order valence-electron chi connectivity index (χ3n) is 3.94. The van der Waals surface area contributed by atoms with Crippen molar-refractivity contribution < 1.29 is 0 Å². The van der Waals surface area contributed by atoms with Gasteiger partial charge in [0.15, 0.2) is 0 Å². The summed E-state index contributed by atoms with van der Waals surface area (Å²) in [7, 11) is 2.21. The molecule has 0 amide bonds. The van der Waals surface area contributed by atoms with E-state index in [1.165, 1.54) is 21.9 Å². The summed E-state index contributed by atoms with van der Waals surface area (Å²) < 4.78 is 0. The van der Waals surface area contributed by atoms with Crippen LogP contribution in [0.15, 0.2) is 48.6 Å². The summed E-state index contributed by atoms with van der Waals surface area (Å²) >= 11 is 0. The Morgan fingerprint density at radius 3 is 1.88 bits per heavy atom. The molecule has 1 heteroatoms. The van der Waals surface area contributed by atoms with Gasteiger partial charge in [0.2, 0.25) is 0 Å². The van der Waals surface area contributed by atoms with E-state index in [1.54, 1.807) is 0 Å². The van der Waals surface area contributed by atoms with Gasteiger partial charge in [0.05, 0.1) is 12.1 Å². The number of fused-ring (bicyclic) bond motifs is 6. The standard InChI is InChI=1S/C15H13N/c1-16-14-6-7-15(16)13-9-11-5-3-2-4-10(11)8-12(13)14/h2-9,14-15H,1H3. The minimum absolute atomic E-state index is 0.504. The second-order valence-electron chi connectivity index (χ2n) is 4.77. The molecule has 0 radical (unpaired) electrons. The zero-order valence-electron chi connectivity index (χ0n) is 9.22. The Kier molecular flexibility index (Phi) is 1.46. The fraction of sp³-hybridized carbons (Fsp3) is 0.200. The molecule has 2 aliphatic rings. The Bertz CT molecular complexity index is 559. The van der Waals surface area contributed by atoms with Crippen molar-refractivity contribution in [3.05, 3.63) is 59.7 Å². The van der Waals surface area contributed by atoms with Gasteiger partial charge in [-0.05, 0) is 41.1 Å². The number of likely N-dealkylation sites (N-methyl/N-ethyl adjacent to an activating group) is 1. The lowest BCUT2D eigenvalue weighted by Gasteiger charge is -2.14. The van der Waals surface area contributed by atoms with E-state index < -0.39 is 0 Å². The van der Waals surface area contributed by atoms with E-state index >= 15 is 0 Å². The highest BCUT2D eigenvalue weighted by molar-refractivity contribution is 5.85. The maximum Gasteiger partial charge on any atom is 0.0541 e. The normalized spacial score (nSPS) is 26.6. The quantitative estimate of drug-likeness (QED) is 0.598. The topological polar surface area (TPSA) is 3.24 Å². The predicted octanol–water partition coefficient (Wildman–Crippen LogP) is 3.44. The summed E-state index contributed by atoms with van der Waals surface area (Å²) in [5, 5.41) is 2.71. The molecular weight excluding hydrogens is 194 g/mol. The van der Waals surface area contributed by atoms with E-state index in [2.05, 4.69) is 60.5 Å². The highest BCUT2D eigenvalue weighted by atomic mass is 15.2. The Hall–Kier alpha value is -1.60. The highest BCUT2D eigenvalue weighted by Crippen LogP contribution is 2.48. The third-order valence-corrected chi connectivity index (χ3v) is 3.94. The zero-order valence-corrected chi connectivity index (χ0v) is 9.22. The molecule has 2 aromatic carbocycles. The molecular formula is C15H13N. The van der Waals surface area contributed by atoms with Crippen LogP contribution >= 0.6 is 0 Å². The van der Waals surface area contributed by atoms with E-state index in [1.807, 2.05) is 0 Å². The van der Waals surface area contributed by atoms with Crippen molar-refractivity contribution >= 4 is 10.8 Å². The summed E-state index contributed by atoms with van der Waals surface area (Å²) in [5.41, 5.74) is 2.99. The maximum atomic E-state index is 2.43. The van der Waals surface area contributed by atoms with Crippen molar-refractivity contribution in [3.8, 4) is 0 Å². The first kappa shape index (κ1) is 8.54. The monoisotopic (exact) mass is 207 g/mol. The van der Waals surface area contributed by atoms with Gasteiger partial charge in [-0.1, -0.05) is 36.4 Å². The van der Waals surface area contributed by atoms with Crippen LogP contribution in [0.25, 0.3) is 10.8 Å². The first-order valence-corrected chi connectivity index (χ1v) is 5.77. The predicted molar refractivity (Wildman–Crippen MR) is 66.3 cm³/mol. The minimum atomic E-state index is 0.504. The minimum Gasteiger partial charge on any atom is -0.285 e. The van der Waals surface area contributed by atoms with E-state index in [4.69, 9.17) is 0 Å². The Morgan fingerprint density at radius 1 is 0.875 bits per heavy atom. The van der Waals surface area contributed by atoms with Crippen molar-refractivity contribution in [2.75, 3.05) is 7.05 Å². The van der Waals surface area contributed by atoms with Crippen LogP contribution in [0.4, 0.5) is 0 Å². The van der Waals surface area contributed by atoms with Gasteiger partial charge in [0, 0.05) is 0 Å². The zero-order chi connectivity index (χ0) is 10.7. The maximum absolute atomic E-state index is 2.43. The molecule has 1 nitrogen and oxygen atoms in total. The van der Waals surface area contributed by atoms with E-state index in [0.29, 0.717) is 12.1 Å². The average molecular weight is 207 g/mol. The van der Waals surface area contributed by atoms with Crippen LogP contribution in [0.1, 0.15) is 23.2 Å². The molecule has 0 saturated heterocycles. The number of nitrogens with zero attached hydrogens (tertiary/aromatic N) is 1. The summed E-state index contributed by atoms with van der Waals surface area (Å²) in [5.74, 6) is 0. The largest absolute Gasteiger partial charge is 0.285 e. The van der Waals surface area contributed by atoms with Gasteiger partial charge in [-0.2, -0.15) is 0 Å². The van der Waals surface area contributed by atoms with Gasteiger partial charge in [-0.25, -0.2) is 0 Å². The van der Waals surface area contributed by atoms with E-state index in [-0.39, 0.29) is 0 Å². The number of benzene rings is 2. The Morgan fingerprint density at radius 2 is 1.38 bits per heavy atom. The smallest absolute Gasteiger partial charge is 0.0541 e. The van der Waals surface area contributed by atoms with Crippen LogP contribution in [0.5, 0.6) is 0 Å². The molecule has 78 valence electrons. The summed E-state index contributed by atoms with van der Waals surface area (Å²) in [4.78, 5) is 2.43. The molecule has 16 heavy (non-hydrogen) atoms. The third kappa shape index (κ3) is 0.896. The Labute approximate surface area is 95.0 Å². The van der Waals surface area contributed by atoms with Gasteiger partial charge < -0.3 is 0 Å². The lowest BCUT2D eigenvalue weighted by atomic mass is 9.93. The van der Waals surface area contributed by atoms with Crippen LogP contribution in [0, 0.1) is 0 Å². The molecule has 0 spiro atoms. The number of rotatable bonds is 0.